The Morgan fingerprint density at radius 2 is 2.30 bits per heavy atom. The summed E-state index contributed by atoms with van der Waals surface area (Å²) < 4.78 is 7.48. The number of anilines is 1. The standard InChI is InChI=1S/C20H24N6O/c1-5-20(3,4)17-10-18(25-8-9-27-13-14(25)2)23-19-16(17)11-22-26(19)12-15-6-7-21-24-15/h1,6-7,10-11,14H,8-9,12-13H2,2-4H3,(H,21,24)/t14-/m1/s1. The van der Waals surface area contributed by atoms with Crippen LogP contribution in [-0.4, -0.2) is 50.8 Å². The van der Waals surface area contributed by atoms with E-state index in [9.17, 15) is 0 Å². The van der Waals surface area contributed by atoms with E-state index >= 15 is 0 Å². The van der Waals surface area contributed by atoms with E-state index < -0.39 is 5.41 Å². The van der Waals surface area contributed by atoms with Crippen molar-refractivity contribution >= 4 is 16.9 Å². The lowest BCUT2D eigenvalue weighted by Crippen LogP contribution is -2.44. The molecule has 0 bridgehead atoms. The Morgan fingerprint density at radius 1 is 1.44 bits per heavy atom. The molecule has 0 aliphatic carbocycles. The molecule has 140 valence electrons. The van der Waals surface area contributed by atoms with Crippen LogP contribution in [-0.2, 0) is 16.7 Å². The van der Waals surface area contributed by atoms with Crippen LogP contribution in [0, 0.1) is 12.3 Å². The fourth-order valence-corrected chi connectivity index (χ4v) is 3.49. The second-order valence-corrected chi connectivity index (χ2v) is 7.54. The zero-order valence-electron chi connectivity index (χ0n) is 15.9. The van der Waals surface area contributed by atoms with Gasteiger partial charge in [-0.25, -0.2) is 9.67 Å². The number of terminal acetylenes is 1. The molecular formula is C20H24N6O. The van der Waals surface area contributed by atoms with Crippen LogP contribution in [0.3, 0.4) is 0 Å². The number of aromatic amines is 1. The molecule has 0 spiro atoms. The molecule has 1 aliphatic rings. The number of H-pyrrole nitrogens is 1. The number of ether oxygens (including phenoxy) is 1. The van der Waals surface area contributed by atoms with Crippen molar-refractivity contribution in [3.05, 3.63) is 35.8 Å². The van der Waals surface area contributed by atoms with Crippen molar-refractivity contribution in [2.24, 2.45) is 0 Å². The van der Waals surface area contributed by atoms with Gasteiger partial charge >= 0.3 is 0 Å². The number of morpholine rings is 1. The number of fused-ring (bicyclic) bond motifs is 1. The first-order valence-corrected chi connectivity index (χ1v) is 9.17. The predicted octanol–water partition coefficient (Wildman–Crippen LogP) is 2.34. The maximum Gasteiger partial charge on any atom is 0.160 e. The summed E-state index contributed by atoms with van der Waals surface area (Å²) in [5.74, 6) is 3.84. The van der Waals surface area contributed by atoms with E-state index in [1.807, 2.05) is 16.9 Å². The number of hydrogen-bond donors (Lipinski definition) is 1. The molecule has 1 fully saturated rings. The second kappa shape index (κ2) is 6.71. The molecule has 0 aromatic carbocycles. The van der Waals surface area contributed by atoms with Gasteiger partial charge in [0.15, 0.2) is 5.65 Å². The van der Waals surface area contributed by atoms with E-state index in [4.69, 9.17) is 16.1 Å². The smallest absolute Gasteiger partial charge is 0.160 e. The molecule has 0 unspecified atom stereocenters. The first-order valence-electron chi connectivity index (χ1n) is 9.17. The van der Waals surface area contributed by atoms with Crippen molar-refractivity contribution < 1.29 is 4.74 Å². The lowest BCUT2D eigenvalue weighted by atomic mass is 9.84. The van der Waals surface area contributed by atoms with E-state index in [0.29, 0.717) is 19.8 Å². The van der Waals surface area contributed by atoms with Gasteiger partial charge in [0, 0.05) is 18.1 Å². The largest absolute Gasteiger partial charge is 0.377 e. The highest BCUT2D eigenvalue weighted by atomic mass is 16.5. The van der Waals surface area contributed by atoms with Gasteiger partial charge < -0.3 is 9.64 Å². The quantitative estimate of drug-likeness (QED) is 0.720. The van der Waals surface area contributed by atoms with Gasteiger partial charge in [0.25, 0.3) is 0 Å². The fourth-order valence-electron chi connectivity index (χ4n) is 3.49. The summed E-state index contributed by atoms with van der Waals surface area (Å²) in [6.07, 6.45) is 9.46. The van der Waals surface area contributed by atoms with Crippen molar-refractivity contribution in [3.63, 3.8) is 0 Å². The van der Waals surface area contributed by atoms with Gasteiger partial charge in [0.05, 0.1) is 43.1 Å². The predicted molar refractivity (Wildman–Crippen MR) is 105 cm³/mol. The maximum absolute atomic E-state index is 5.86. The van der Waals surface area contributed by atoms with Crippen LogP contribution in [0.4, 0.5) is 5.82 Å². The summed E-state index contributed by atoms with van der Waals surface area (Å²) >= 11 is 0. The van der Waals surface area contributed by atoms with Gasteiger partial charge in [-0.2, -0.15) is 10.2 Å². The van der Waals surface area contributed by atoms with Crippen molar-refractivity contribution in [3.8, 4) is 12.3 Å². The molecule has 0 saturated carbocycles. The molecule has 1 N–H and O–H groups in total. The van der Waals surface area contributed by atoms with Crippen LogP contribution < -0.4 is 4.90 Å². The molecule has 4 heterocycles. The highest BCUT2D eigenvalue weighted by Gasteiger charge is 2.27. The number of pyridine rings is 1. The highest BCUT2D eigenvalue weighted by Crippen LogP contribution is 2.33. The highest BCUT2D eigenvalue weighted by molar-refractivity contribution is 5.83. The molecule has 0 amide bonds. The number of rotatable bonds is 4. The van der Waals surface area contributed by atoms with Crippen LogP contribution in [0.15, 0.2) is 24.5 Å². The molecule has 3 aromatic rings. The van der Waals surface area contributed by atoms with Crippen LogP contribution in [0.5, 0.6) is 0 Å². The Labute approximate surface area is 158 Å². The molecule has 3 aromatic heterocycles. The Balaban J connectivity index is 1.87. The molecular weight excluding hydrogens is 340 g/mol. The molecule has 7 nitrogen and oxygen atoms in total. The minimum atomic E-state index is -0.423. The molecule has 1 aliphatic heterocycles. The van der Waals surface area contributed by atoms with Gasteiger partial charge in [-0.3, -0.25) is 5.10 Å². The third-order valence-corrected chi connectivity index (χ3v) is 5.17. The number of nitrogens with one attached hydrogen (secondary N) is 1. The summed E-state index contributed by atoms with van der Waals surface area (Å²) in [6, 6.07) is 4.31. The van der Waals surface area contributed by atoms with Crippen LogP contribution in [0.1, 0.15) is 32.0 Å². The van der Waals surface area contributed by atoms with E-state index in [0.717, 1.165) is 34.7 Å². The van der Waals surface area contributed by atoms with Crippen LogP contribution >= 0.6 is 0 Å². The number of aromatic nitrogens is 5. The third-order valence-electron chi connectivity index (χ3n) is 5.17. The van der Waals surface area contributed by atoms with Crippen molar-refractivity contribution in [1.29, 1.82) is 0 Å². The summed E-state index contributed by atoms with van der Waals surface area (Å²) in [6.45, 7) is 9.05. The van der Waals surface area contributed by atoms with Gasteiger partial charge in [-0.15, -0.1) is 6.42 Å². The van der Waals surface area contributed by atoms with E-state index in [2.05, 4.69) is 53.0 Å². The monoisotopic (exact) mass is 364 g/mol. The molecule has 4 rings (SSSR count). The first kappa shape index (κ1) is 17.6. The summed E-state index contributed by atoms with van der Waals surface area (Å²) in [7, 11) is 0. The minimum absolute atomic E-state index is 0.259. The van der Waals surface area contributed by atoms with E-state index in [1.165, 1.54) is 0 Å². The third kappa shape index (κ3) is 3.17. The van der Waals surface area contributed by atoms with Gasteiger partial charge in [-0.05, 0) is 38.5 Å². The molecule has 27 heavy (non-hydrogen) atoms. The Bertz CT molecular complexity index is 982. The summed E-state index contributed by atoms with van der Waals surface area (Å²) in [4.78, 5) is 7.25. The average Bonchev–Trinajstić information content (AvgIpc) is 3.32. The maximum atomic E-state index is 5.86. The SMILES string of the molecule is C#CC(C)(C)c1cc(N2CCOC[C@H]2C)nc2c1cnn2Cc1ccn[nH]1. The zero-order chi connectivity index (χ0) is 19.0. The molecule has 1 saturated heterocycles. The Hall–Kier alpha value is -2.85. The van der Waals surface area contributed by atoms with Crippen LogP contribution in [0.25, 0.3) is 11.0 Å². The second-order valence-electron chi connectivity index (χ2n) is 7.54. The van der Waals surface area contributed by atoms with Gasteiger partial charge in [0.1, 0.15) is 5.82 Å². The summed E-state index contributed by atoms with van der Waals surface area (Å²) in [5.41, 5.74) is 2.45. The van der Waals surface area contributed by atoms with Crippen molar-refractivity contribution in [2.75, 3.05) is 24.7 Å². The average molecular weight is 364 g/mol. The first-order chi connectivity index (χ1) is 13.0. The zero-order valence-corrected chi connectivity index (χ0v) is 15.9. The normalized spacial score (nSPS) is 18.0. The topological polar surface area (TPSA) is 71.9 Å². The van der Waals surface area contributed by atoms with Gasteiger partial charge in [0.2, 0.25) is 0 Å². The van der Waals surface area contributed by atoms with Crippen molar-refractivity contribution in [2.45, 2.75) is 38.8 Å². The minimum Gasteiger partial charge on any atom is -0.377 e. The molecule has 1 atom stereocenters. The number of hydrogen-bond acceptors (Lipinski definition) is 5. The fraction of sp³-hybridized carbons (Fsp3) is 0.450. The van der Waals surface area contributed by atoms with Crippen LogP contribution in [0.2, 0.25) is 0 Å². The number of nitrogens with zero attached hydrogens (tertiary/aromatic N) is 5. The van der Waals surface area contributed by atoms with E-state index in [1.54, 1.807) is 6.20 Å². The molecule has 0 radical (unpaired) electrons. The molecule has 7 heteroatoms. The van der Waals surface area contributed by atoms with Gasteiger partial charge in [-0.1, -0.05) is 5.92 Å². The lowest BCUT2D eigenvalue weighted by molar-refractivity contribution is 0.0985. The van der Waals surface area contributed by atoms with E-state index in [-0.39, 0.29) is 6.04 Å². The lowest BCUT2D eigenvalue weighted by Gasteiger charge is -2.35. The Morgan fingerprint density at radius 3 is 3.00 bits per heavy atom. The van der Waals surface area contributed by atoms with Crippen molar-refractivity contribution in [1.82, 2.24) is 25.0 Å². The summed E-state index contributed by atoms with van der Waals surface area (Å²) in [5, 5.41) is 12.6. The Kier molecular flexibility index (Phi) is 4.36.